The van der Waals surface area contributed by atoms with Crippen LogP contribution in [0.3, 0.4) is 0 Å². The number of ether oxygens (including phenoxy) is 2. The molecule has 3 aromatic rings. The van der Waals surface area contributed by atoms with Gasteiger partial charge in [-0.2, -0.15) is 0 Å². The van der Waals surface area contributed by atoms with Crippen LogP contribution in [0.15, 0.2) is 59.5 Å². The van der Waals surface area contributed by atoms with Crippen LogP contribution in [0, 0.1) is 6.92 Å². The number of likely N-dealkylation sites (tertiary alicyclic amines) is 1. The number of para-hydroxylation sites is 1. The van der Waals surface area contributed by atoms with Crippen LogP contribution in [0.1, 0.15) is 45.4 Å². The molecule has 1 aromatic heterocycles. The summed E-state index contributed by atoms with van der Waals surface area (Å²) in [5.41, 5.74) is 1.86. The molecule has 2 atom stereocenters. The molecule has 36 heavy (non-hydrogen) atoms. The standard InChI is InChI=1S/C28H37N3O4S/c1-20-17-21(24-9-7-8-10-25(24)29-20)18-34-22-11-13-23(14-12-22)36(32,33)30-26-15-16-31(6)19-28(26,5)35-27(2,3)4/h7-14,17,26,30H,15-16,18-19H2,1-6H3/t26-,28+/m1/s1. The van der Waals surface area contributed by atoms with Gasteiger partial charge in [0.1, 0.15) is 12.4 Å². The van der Waals surface area contributed by atoms with Crippen molar-refractivity contribution >= 4 is 20.9 Å². The molecule has 0 spiro atoms. The van der Waals surface area contributed by atoms with E-state index in [-0.39, 0.29) is 10.9 Å². The van der Waals surface area contributed by atoms with Gasteiger partial charge in [0.25, 0.3) is 0 Å². The molecular formula is C28H37N3O4S. The Morgan fingerprint density at radius 2 is 1.83 bits per heavy atom. The maximum atomic E-state index is 13.3. The maximum Gasteiger partial charge on any atom is 0.240 e. The number of hydrogen-bond donors (Lipinski definition) is 1. The van der Waals surface area contributed by atoms with Gasteiger partial charge in [0, 0.05) is 23.2 Å². The minimum absolute atomic E-state index is 0.206. The number of pyridine rings is 1. The van der Waals surface area contributed by atoms with Gasteiger partial charge in [0.15, 0.2) is 0 Å². The van der Waals surface area contributed by atoms with E-state index in [0.29, 0.717) is 25.3 Å². The van der Waals surface area contributed by atoms with Crippen LogP contribution in [0.5, 0.6) is 5.75 Å². The summed E-state index contributed by atoms with van der Waals surface area (Å²) in [5, 5.41) is 1.05. The number of sulfonamides is 1. The highest BCUT2D eigenvalue weighted by atomic mass is 32.2. The highest BCUT2D eigenvalue weighted by molar-refractivity contribution is 7.89. The summed E-state index contributed by atoms with van der Waals surface area (Å²) in [4.78, 5) is 6.95. The summed E-state index contributed by atoms with van der Waals surface area (Å²) in [7, 11) is -1.70. The lowest BCUT2D eigenvalue weighted by molar-refractivity contribution is -0.157. The number of fused-ring (bicyclic) bond motifs is 1. The molecule has 1 aliphatic rings. The minimum atomic E-state index is -3.73. The molecule has 0 radical (unpaired) electrons. The Labute approximate surface area is 214 Å². The van der Waals surface area contributed by atoms with Gasteiger partial charge in [-0.3, -0.25) is 4.98 Å². The first kappa shape index (κ1) is 26.5. The van der Waals surface area contributed by atoms with Crippen molar-refractivity contribution < 1.29 is 17.9 Å². The first-order chi connectivity index (χ1) is 16.8. The van der Waals surface area contributed by atoms with Crippen molar-refractivity contribution in [3.63, 3.8) is 0 Å². The zero-order valence-corrected chi connectivity index (χ0v) is 22.9. The second-order valence-corrected chi connectivity index (χ2v) is 12.6. The molecule has 194 valence electrons. The maximum absolute atomic E-state index is 13.3. The van der Waals surface area contributed by atoms with Gasteiger partial charge in [-0.1, -0.05) is 18.2 Å². The molecular weight excluding hydrogens is 474 g/mol. The summed E-state index contributed by atoms with van der Waals surface area (Å²) >= 11 is 0. The molecule has 0 unspecified atom stereocenters. The van der Waals surface area contributed by atoms with Gasteiger partial charge < -0.3 is 14.4 Å². The van der Waals surface area contributed by atoms with Crippen molar-refractivity contribution in [1.29, 1.82) is 0 Å². The Morgan fingerprint density at radius 1 is 1.14 bits per heavy atom. The van der Waals surface area contributed by atoms with Gasteiger partial charge in [-0.05, 0) is 91.0 Å². The van der Waals surface area contributed by atoms with Crippen LogP contribution < -0.4 is 9.46 Å². The lowest BCUT2D eigenvalue weighted by Gasteiger charge is -2.48. The Balaban J connectivity index is 1.47. The van der Waals surface area contributed by atoms with E-state index in [1.54, 1.807) is 24.3 Å². The molecule has 2 heterocycles. The predicted molar refractivity (Wildman–Crippen MR) is 143 cm³/mol. The van der Waals surface area contributed by atoms with Crippen molar-refractivity contribution in [1.82, 2.24) is 14.6 Å². The minimum Gasteiger partial charge on any atom is -0.489 e. The van der Waals surface area contributed by atoms with Gasteiger partial charge >= 0.3 is 0 Å². The third kappa shape index (κ3) is 6.24. The number of likely N-dealkylation sites (N-methyl/N-ethyl adjacent to an activating group) is 1. The van der Waals surface area contributed by atoms with E-state index in [2.05, 4.69) is 14.6 Å². The van der Waals surface area contributed by atoms with E-state index in [1.165, 1.54) is 0 Å². The number of benzene rings is 2. The number of hydrogen-bond acceptors (Lipinski definition) is 6. The second-order valence-electron chi connectivity index (χ2n) is 10.9. The highest BCUT2D eigenvalue weighted by Crippen LogP contribution is 2.31. The fourth-order valence-electron chi connectivity index (χ4n) is 5.01. The Kier molecular flexibility index (Phi) is 7.44. The third-order valence-corrected chi connectivity index (χ3v) is 7.90. The topological polar surface area (TPSA) is 80.8 Å². The SMILES string of the molecule is Cc1cc(COc2ccc(S(=O)(=O)N[C@@H]3CCN(C)C[C@]3(C)OC(C)(C)C)cc2)c2ccccc2n1. The number of rotatable bonds is 7. The largest absolute Gasteiger partial charge is 0.489 e. The van der Waals surface area contributed by atoms with Crippen LogP contribution in [-0.4, -0.2) is 55.7 Å². The quantitative estimate of drug-likeness (QED) is 0.496. The lowest BCUT2D eigenvalue weighted by Crippen LogP contribution is -2.63. The third-order valence-electron chi connectivity index (χ3n) is 6.42. The van der Waals surface area contributed by atoms with E-state index in [4.69, 9.17) is 9.47 Å². The normalized spacial score (nSPS) is 21.6. The molecule has 0 saturated carbocycles. The van der Waals surface area contributed by atoms with Crippen LogP contribution in [-0.2, 0) is 21.4 Å². The monoisotopic (exact) mass is 511 g/mol. The van der Waals surface area contributed by atoms with E-state index >= 15 is 0 Å². The van der Waals surface area contributed by atoms with Crippen LogP contribution in [0.4, 0.5) is 0 Å². The number of nitrogens with one attached hydrogen (secondary N) is 1. The average molecular weight is 512 g/mol. The molecule has 0 amide bonds. The lowest BCUT2D eigenvalue weighted by atomic mass is 9.89. The zero-order valence-electron chi connectivity index (χ0n) is 22.0. The van der Waals surface area contributed by atoms with Crippen molar-refractivity contribution in [2.75, 3.05) is 20.1 Å². The molecule has 7 nitrogen and oxygen atoms in total. The summed E-state index contributed by atoms with van der Waals surface area (Å²) in [6.45, 7) is 11.7. The van der Waals surface area contributed by atoms with Crippen LogP contribution in [0.25, 0.3) is 10.9 Å². The first-order valence-corrected chi connectivity index (χ1v) is 13.8. The van der Waals surface area contributed by atoms with Crippen molar-refractivity contribution in [3.8, 4) is 5.75 Å². The van der Waals surface area contributed by atoms with Gasteiger partial charge in [-0.15, -0.1) is 0 Å². The molecule has 0 bridgehead atoms. The number of aromatic nitrogens is 1. The summed E-state index contributed by atoms with van der Waals surface area (Å²) in [6, 6.07) is 16.2. The molecule has 0 aliphatic carbocycles. The fourth-order valence-corrected chi connectivity index (χ4v) is 6.38. The van der Waals surface area contributed by atoms with Crippen LogP contribution in [0.2, 0.25) is 0 Å². The predicted octanol–water partition coefficient (Wildman–Crippen LogP) is 4.68. The highest BCUT2D eigenvalue weighted by Gasteiger charge is 2.44. The van der Waals surface area contributed by atoms with E-state index in [9.17, 15) is 8.42 Å². The summed E-state index contributed by atoms with van der Waals surface area (Å²) in [6.07, 6.45) is 0.669. The first-order valence-electron chi connectivity index (χ1n) is 12.3. The molecule has 8 heteroatoms. The van der Waals surface area contributed by atoms with Crippen molar-refractivity contribution in [2.45, 2.75) is 69.8 Å². The van der Waals surface area contributed by atoms with E-state index in [1.807, 2.05) is 72.0 Å². The fraction of sp³-hybridized carbons (Fsp3) is 0.464. The molecule has 1 N–H and O–H groups in total. The second kappa shape index (κ2) is 10.1. The zero-order chi connectivity index (χ0) is 26.1. The Bertz CT molecular complexity index is 1320. The number of piperidine rings is 1. The Morgan fingerprint density at radius 3 is 2.53 bits per heavy atom. The van der Waals surface area contributed by atoms with Gasteiger partial charge in [0.2, 0.25) is 10.0 Å². The van der Waals surface area contributed by atoms with E-state index < -0.39 is 21.2 Å². The number of aryl methyl sites for hydroxylation is 1. The molecule has 1 saturated heterocycles. The molecule has 2 aromatic carbocycles. The smallest absolute Gasteiger partial charge is 0.240 e. The molecule has 4 rings (SSSR count). The van der Waals surface area contributed by atoms with Crippen molar-refractivity contribution in [3.05, 3.63) is 65.9 Å². The van der Waals surface area contributed by atoms with Crippen LogP contribution >= 0.6 is 0 Å². The van der Waals surface area contributed by atoms with E-state index in [0.717, 1.165) is 28.7 Å². The molecule has 1 aliphatic heterocycles. The molecule has 1 fully saturated rings. The summed E-state index contributed by atoms with van der Waals surface area (Å²) in [5.74, 6) is 0.604. The average Bonchev–Trinajstić information content (AvgIpc) is 2.78. The van der Waals surface area contributed by atoms with Gasteiger partial charge in [0.05, 0.1) is 27.7 Å². The van der Waals surface area contributed by atoms with Gasteiger partial charge in [-0.25, -0.2) is 13.1 Å². The number of nitrogens with zero attached hydrogens (tertiary/aromatic N) is 2. The van der Waals surface area contributed by atoms with Crippen molar-refractivity contribution in [2.24, 2.45) is 0 Å². The summed E-state index contributed by atoms with van der Waals surface area (Å²) < 4.78 is 41.9. The Hall–Kier alpha value is -2.52.